The molecule has 1 N–H and O–H groups in total. The highest BCUT2D eigenvalue weighted by molar-refractivity contribution is 6.11. The number of pyridine rings is 1. The van der Waals surface area contributed by atoms with E-state index >= 15 is 0 Å². The van der Waals surface area contributed by atoms with Crippen LogP contribution in [0.2, 0.25) is 0 Å². The van der Waals surface area contributed by atoms with E-state index < -0.39 is 0 Å². The molecule has 0 atom stereocenters. The van der Waals surface area contributed by atoms with Crippen molar-refractivity contribution < 1.29 is 9.52 Å². The SMILES string of the molecule is Cc1cc(C)c(N(c2cccc(-c3nc(-c4ccccc4O)c4c(n3)oc3ccccc34)c2)c2ccccn2)c(C)c1. The number of rotatable bonds is 5. The molecule has 0 bridgehead atoms. The number of nitrogens with zero attached hydrogens (tertiary/aromatic N) is 4. The van der Waals surface area contributed by atoms with Crippen molar-refractivity contribution in [2.75, 3.05) is 4.90 Å². The summed E-state index contributed by atoms with van der Waals surface area (Å²) in [5.41, 5.74) is 8.79. The van der Waals surface area contributed by atoms with Crippen LogP contribution in [0.1, 0.15) is 16.7 Å². The van der Waals surface area contributed by atoms with Crippen LogP contribution in [0, 0.1) is 20.8 Å². The van der Waals surface area contributed by atoms with Gasteiger partial charge in [0.25, 0.3) is 0 Å². The molecule has 6 heteroatoms. The molecule has 42 heavy (non-hydrogen) atoms. The summed E-state index contributed by atoms with van der Waals surface area (Å²) in [6, 6.07) is 33.5. The van der Waals surface area contributed by atoms with Crippen molar-refractivity contribution >= 4 is 39.3 Å². The molecular formula is C36H28N4O2. The van der Waals surface area contributed by atoms with Gasteiger partial charge in [0.2, 0.25) is 5.71 Å². The third kappa shape index (κ3) is 4.34. The Labute approximate surface area is 243 Å². The molecule has 0 saturated heterocycles. The fourth-order valence-electron chi connectivity index (χ4n) is 5.79. The maximum Gasteiger partial charge on any atom is 0.231 e. The first kappa shape index (κ1) is 25.5. The first-order chi connectivity index (χ1) is 20.5. The Hall–Kier alpha value is -5.49. The van der Waals surface area contributed by atoms with E-state index in [1.807, 2.05) is 72.9 Å². The van der Waals surface area contributed by atoms with Crippen LogP contribution in [0.4, 0.5) is 17.2 Å². The summed E-state index contributed by atoms with van der Waals surface area (Å²) >= 11 is 0. The number of aromatic hydroxyl groups is 1. The predicted molar refractivity (Wildman–Crippen MR) is 169 cm³/mol. The highest BCUT2D eigenvalue weighted by Crippen LogP contribution is 2.41. The summed E-state index contributed by atoms with van der Waals surface area (Å²) < 4.78 is 6.22. The number of aromatic nitrogens is 3. The number of fused-ring (bicyclic) bond motifs is 3. The number of para-hydroxylation sites is 2. The van der Waals surface area contributed by atoms with Gasteiger partial charge in [0.15, 0.2) is 5.82 Å². The quantitative estimate of drug-likeness (QED) is 0.231. The van der Waals surface area contributed by atoms with Gasteiger partial charge in [-0.05, 0) is 74.4 Å². The molecule has 3 aromatic heterocycles. The number of hydrogen-bond acceptors (Lipinski definition) is 6. The minimum absolute atomic E-state index is 0.147. The van der Waals surface area contributed by atoms with Gasteiger partial charge in [0.05, 0.1) is 16.8 Å². The van der Waals surface area contributed by atoms with E-state index in [4.69, 9.17) is 19.4 Å². The Balaban J connectivity index is 1.46. The van der Waals surface area contributed by atoms with Gasteiger partial charge in [-0.3, -0.25) is 4.90 Å². The van der Waals surface area contributed by atoms with Crippen LogP contribution in [-0.4, -0.2) is 20.1 Å². The van der Waals surface area contributed by atoms with Crippen molar-refractivity contribution in [1.82, 2.24) is 15.0 Å². The lowest BCUT2D eigenvalue weighted by Gasteiger charge is -2.28. The van der Waals surface area contributed by atoms with Crippen molar-refractivity contribution in [1.29, 1.82) is 0 Å². The van der Waals surface area contributed by atoms with Crippen LogP contribution in [0.25, 0.3) is 44.7 Å². The summed E-state index contributed by atoms with van der Waals surface area (Å²) in [5.74, 6) is 1.46. The Morgan fingerprint density at radius 2 is 1.50 bits per heavy atom. The second-order valence-electron chi connectivity index (χ2n) is 10.5. The minimum Gasteiger partial charge on any atom is -0.507 e. The van der Waals surface area contributed by atoms with Crippen molar-refractivity contribution in [2.24, 2.45) is 0 Å². The highest BCUT2D eigenvalue weighted by atomic mass is 16.3. The number of furan rings is 1. The zero-order valence-electron chi connectivity index (χ0n) is 23.5. The van der Waals surface area contributed by atoms with Crippen LogP contribution in [-0.2, 0) is 0 Å². The van der Waals surface area contributed by atoms with Gasteiger partial charge in [-0.15, -0.1) is 0 Å². The van der Waals surface area contributed by atoms with Crippen molar-refractivity contribution in [3.05, 3.63) is 126 Å². The van der Waals surface area contributed by atoms with Crippen LogP contribution in [0.3, 0.4) is 0 Å². The van der Waals surface area contributed by atoms with Crippen molar-refractivity contribution in [3.63, 3.8) is 0 Å². The van der Waals surface area contributed by atoms with E-state index in [-0.39, 0.29) is 5.75 Å². The Bertz CT molecular complexity index is 2080. The Morgan fingerprint density at radius 1 is 0.738 bits per heavy atom. The standard InChI is InChI=1S/C36H28N4O2/c1-22-19-23(2)34(24(3)20-22)40(31-17-8-9-18-37-31)26-12-10-11-25(21-26)35-38-33(27-13-4-6-15-29(27)41)32-28-14-5-7-16-30(28)42-36(32)39-35/h4-21,41H,1-3H3. The zero-order valence-corrected chi connectivity index (χ0v) is 23.5. The molecule has 0 aliphatic heterocycles. The third-order valence-electron chi connectivity index (χ3n) is 7.50. The fraction of sp³-hybridized carbons (Fsp3) is 0.0833. The molecule has 7 rings (SSSR count). The molecule has 3 heterocycles. The summed E-state index contributed by atoms with van der Waals surface area (Å²) in [6.45, 7) is 6.38. The Morgan fingerprint density at radius 3 is 2.29 bits per heavy atom. The molecule has 204 valence electrons. The second kappa shape index (κ2) is 10.2. The number of phenolic OH excluding ortho intramolecular Hbond substituents is 1. The molecule has 0 fully saturated rings. The van der Waals surface area contributed by atoms with E-state index in [1.165, 1.54) is 5.56 Å². The topological polar surface area (TPSA) is 75.3 Å². The fourth-order valence-corrected chi connectivity index (χ4v) is 5.79. The summed E-state index contributed by atoms with van der Waals surface area (Å²) in [5, 5.41) is 12.5. The molecule has 0 unspecified atom stereocenters. The van der Waals surface area contributed by atoms with E-state index in [2.05, 4.69) is 49.9 Å². The average Bonchev–Trinajstić information content (AvgIpc) is 3.38. The number of phenols is 1. The lowest BCUT2D eigenvalue weighted by Crippen LogP contribution is -2.14. The van der Waals surface area contributed by atoms with E-state index in [1.54, 1.807) is 12.1 Å². The maximum atomic E-state index is 10.8. The van der Waals surface area contributed by atoms with E-state index in [0.717, 1.165) is 50.2 Å². The van der Waals surface area contributed by atoms with Gasteiger partial charge < -0.3 is 9.52 Å². The van der Waals surface area contributed by atoms with Crippen LogP contribution < -0.4 is 4.90 Å². The van der Waals surface area contributed by atoms with E-state index in [0.29, 0.717) is 22.8 Å². The van der Waals surface area contributed by atoms with E-state index in [9.17, 15) is 5.11 Å². The normalized spacial score (nSPS) is 11.3. The first-order valence-corrected chi connectivity index (χ1v) is 13.8. The molecule has 0 aliphatic carbocycles. The molecule has 0 aliphatic rings. The number of anilines is 3. The second-order valence-corrected chi connectivity index (χ2v) is 10.5. The Kier molecular flexibility index (Phi) is 6.16. The molecule has 7 aromatic rings. The van der Waals surface area contributed by atoms with Gasteiger partial charge in [-0.2, -0.15) is 4.98 Å². The highest BCUT2D eigenvalue weighted by Gasteiger charge is 2.22. The smallest absolute Gasteiger partial charge is 0.231 e. The van der Waals surface area contributed by atoms with Crippen LogP contribution in [0.5, 0.6) is 5.75 Å². The summed E-state index contributed by atoms with van der Waals surface area (Å²) in [4.78, 5) is 16.8. The minimum atomic E-state index is 0.147. The van der Waals surface area contributed by atoms with Gasteiger partial charge in [-0.1, -0.05) is 66.2 Å². The lowest BCUT2D eigenvalue weighted by atomic mass is 10.0. The molecule has 0 radical (unpaired) electrons. The zero-order chi connectivity index (χ0) is 28.8. The van der Waals surface area contributed by atoms with Crippen LogP contribution >= 0.6 is 0 Å². The lowest BCUT2D eigenvalue weighted by molar-refractivity contribution is 0.477. The number of hydrogen-bond donors (Lipinski definition) is 1. The molecule has 0 saturated carbocycles. The average molecular weight is 549 g/mol. The summed E-state index contributed by atoms with van der Waals surface area (Å²) in [7, 11) is 0. The van der Waals surface area contributed by atoms with Crippen molar-refractivity contribution in [2.45, 2.75) is 20.8 Å². The van der Waals surface area contributed by atoms with Gasteiger partial charge in [0, 0.05) is 28.4 Å². The third-order valence-corrected chi connectivity index (χ3v) is 7.50. The monoisotopic (exact) mass is 548 g/mol. The van der Waals surface area contributed by atoms with Gasteiger partial charge >= 0.3 is 0 Å². The van der Waals surface area contributed by atoms with Crippen LogP contribution in [0.15, 0.2) is 114 Å². The number of benzene rings is 4. The molecule has 0 amide bonds. The van der Waals surface area contributed by atoms with Gasteiger partial charge in [0.1, 0.15) is 17.2 Å². The van der Waals surface area contributed by atoms with Gasteiger partial charge in [-0.25, -0.2) is 9.97 Å². The predicted octanol–water partition coefficient (Wildman–Crippen LogP) is 9.21. The number of aryl methyl sites for hydroxylation is 3. The molecule has 6 nitrogen and oxygen atoms in total. The molecule has 4 aromatic carbocycles. The molecular weight excluding hydrogens is 520 g/mol. The summed E-state index contributed by atoms with van der Waals surface area (Å²) in [6.07, 6.45) is 1.81. The maximum absolute atomic E-state index is 10.8. The first-order valence-electron chi connectivity index (χ1n) is 13.8. The largest absolute Gasteiger partial charge is 0.507 e. The van der Waals surface area contributed by atoms with Crippen molar-refractivity contribution in [3.8, 4) is 28.4 Å². The molecule has 0 spiro atoms.